The van der Waals surface area contributed by atoms with Gasteiger partial charge >= 0.3 is 0 Å². The number of thioether (sulfide) groups is 1. The maximum absolute atomic E-state index is 13.0. The molecule has 3 aromatic rings. The Morgan fingerprint density at radius 2 is 1.76 bits per heavy atom. The Balaban J connectivity index is 1.70. The van der Waals surface area contributed by atoms with Crippen molar-refractivity contribution in [2.75, 3.05) is 29.6 Å². The second-order valence-corrected chi connectivity index (χ2v) is 9.44. The number of anilines is 2. The van der Waals surface area contributed by atoms with Gasteiger partial charge in [0.1, 0.15) is 10.6 Å². The van der Waals surface area contributed by atoms with Gasteiger partial charge in [0.2, 0.25) is 0 Å². The summed E-state index contributed by atoms with van der Waals surface area (Å²) < 4.78 is 0. The number of fused-ring (bicyclic) bond motifs is 1. The molecule has 4 rings (SSSR count). The van der Waals surface area contributed by atoms with Gasteiger partial charge in [0.15, 0.2) is 5.16 Å². The molecule has 1 N–H and O–H groups in total. The fourth-order valence-electron chi connectivity index (χ4n) is 3.99. The third-order valence-electron chi connectivity index (χ3n) is 5.33. The van der Waals surface area contributed by atoms with Gasteiger partial charge in [-0.1, -0.05) is 29.5 Å². The van der Waals surface area contributed by atoms with E-state index in [1.54, 1.807) is 11.8 Å². The first-order valence-electron chi connectivity index (χ1n) is 9.96. The van der Waals surface area contributed by atoms with Gasteiger partial charge in [-0.15, -0.1) is 11.3 Å². The highest BCUT2D eigenvalue weighted by Gasteiger charge is 2.21. The fourth-order valence-corrected chi connectivity index (χ4v) is 5.33. The number of thiophene rings is 1. The summed E-state index contributed by atoms with van der Waals surface area (Å²) in [6.07, 6.45) is 5.63. The van der Waals surface area contributed by atoms with Crippen molar-refractivity contribution < 1.29 is 4.79 Å². The van der Waals surface area contributed by atoms with Crippen molar-refractivity contribution in [3.05, 3.63) is 39.8 Å². The first kappa shape index (κ1) is 20.2. The van der Waals surface area contributed by atoms with Gasteiger partial charge in [-0.2, -0.15) is 0 Å². The van der Waals surface area contributed by atoms with E-state index in [9.17, 15) is 4.79 Å². The van der Waals surface area contributed by atoms with E-state index in [1.807, 2.05) is 26.2 Å². The number of rotatable bonds is 4. The summed E-state index contributed by atoms with van der Waals surface area (Å²) in [7, 11) is 0. The molecule has 1 saturated heterocycles. The van der Waals surface area contributed by atoms with Crippen LogP contribution in [0.3, 0.4) is 0 Å². The fraction of sp³-hybridized carbons (Fsp3) is 0.409. The molecule has 0 spiro atoms. The number of piperidine rings is 1. The monoisotopic (exact) mass is 426 g/mol. The molecule has 2 aromatic heterocycles. The van der Waals surface area contributed by atoms with Gasteiger partial charge in [-0.25, -0.2) is 9.97 Å². The number of carbonyl (C=O) groups is 1. The molecule has 0 radical (unpaired) electrons. The molecule has 1 aliphatic rings. The molecule has 0 atom stereocenters. The van der Waals surface area contributed by atoms with Gasteiger partial charge in [0.25, 0.3) is 5.91 Å². The molecule has 1 aliphatic heterocycles. The summed E-state index contributed by atoms with van der Waals surface area (Å²) in [6.45, 7) is 8.16. The molecule has 3 heterocycles. The van der Waals surface area contributed by atoms with E-state index >= 15 is 0 Å². The normalized spacial score (nSPS) is 14.4. The maximum atomic E-state index is 13.0. The van der Waals surface area contributed by atoms with Crippen molar-refractivity contribution >= 4 is 50.7 Å². The van der Waals surface area contributed by atoms with Gasteiger partial charge in [0, 0.05) is 18.8 Å². The molecular weight excluding hydrogens is 400 g/mol. The van der Waals surface area contributed by atoms with Crippen LogP contribution in [0.15, 0.2) is 23.4 Å². The zero-order valence-electron chi connectivity index (χ0n) is 17.3. The number of aryl methyl sites for hydroxylation is 3. The average molecular weight is 427 g/mol. The first-order chi connectivity index (χ1) is 14.0. The number of nitrogens with zero attached hydrogens (tertiary/aromatic N) is 3. The Bertz CT molecular complexity index is 1050. The minimum Gasteiger partial charge on any atom is -0.356 e. The Kier molecular flexibility index (Phi) is 5.79. The van der Waals surface area contributed by atoms with Crippen molar-refractivity contribution in [3.63, 3.8) is 0 Å². The lowest BCUT2D eigenvalue weighted by atomic mass is 10.1. The smallest absolute Gasteiger partial charge is 0.265 e. The number of carbonyl (C=O) groups excluding carboxylic acids is 1. The third kappa shape index (κ3) is 4.12. The molecule has 0 aliphatic carbocycles. The highest BCUT2D eigenvalue weighted by atomic mass is 32.2. The third-order valence-corrected chi connectivity index (χ3v) is 6.91. The Hall–Kier alpha value is -2.12. The second-order valence-electron chi connectivity index (χ2n) is 7.64. The van der Waals surface area contributed by atoms with E-state index in [2.05, 4.69) is 34.3 Å². The SMILES string of the molecule is CSc1nc(N2CCCCC2)c2cc(C(=O)Nc3c(C)cc(C)cc3C)sc2n1. The highest BCUT2D eigenvalue weighted by Crippen LogP contribution is 2.34. The van der Waals surface area contributed by atoms with E-state index in [1.165, 1.54) is 36.2 Å². The minimum absolute atomic E-state index is 0.0849. The number of hydrogen-bond donors (Lipinski definition) is 1. The van der Waals surface area contributed by atoms with E-state index in [4.69, 9.17) is 4.98 Å². The summed E-state index contributed by atoms with van der Waals surface area (Å²) >= 11 is 2.99. The lowest BCUT2D eigenvalue weighted by Crippen LogP contribution is -2.30. The van der Waals surface area contributed by atoms with E-state index in [0.717, 1.165) is 51.1 Å². The average Bonchev–Trinajstić information content (AvgIpc) is 3.14. The van der Waals surface area contributed by atoms with Crippen molar-refractivity contribution in [1.29, 1.82) is 0 Å². The molecule has 0 saturated carbocycles. The van der Waals surface area contributed by atoms with Gasteiger partial charge in [-0.3, -0.25) is 4.79 Å². The largest absolute Gasteiger partial charge is 0.356 e. The van der Waals surface area contributed by atoms with Crippen molar-refractivity contribution in [2.45, 2.75) is 45.2 Å². The predicted octanol–water partition coefficient (Wildman–Crippen LogP) is 5.58. The van der Waals surface area contributed by atoms with Crippen molar-refractivity contribution in [1.82, 2.24) is 9.97 Å². The number of amides is 1. The summed E-state index contributed by atoms with van der Waals surface area (Å²) in [5.41, 5.74) is 4.25. The molecule has 29 heavy (non-hydrogen) atoms. The molecule has 1 fully saturated rings. The molecule has 0 unspecified atom stereocenters. The van der Waals surface area contributed by atoms with Crippen molar-refractivity contribution in [3.8, 4) is 0 Å². The van der Waals surface area contributed by atoms with Crippen LogP contribution in [0, 0.1) is 20.8 Å². The number of aromatic nitrogens is 2. The van der Waals surface area contributed by atoms with Crippen LogP contribution in [-0.4, -0.2) is 35.2 Å². The van der Waals surface area contributed by atoms with Crippen molar-refractivity contribution in [2.24, 2.45) is 0 Å². The Labute approximate surface area is 179 Å². The summed E-state index contributed by atoms with van der Waals surface area (Å²) in [6, 6.07) is 6.15. The van der Waals surface area contributed by atoms with Gasteiger partial charge in [-0.05, 0) is 63.5 Å². The quantitative estimate of drug-likeness (QED) is 0.436. The van der Waals surface area contributed by atoms with Crippen LogP contribution in [0.1, 0.15) is 45.6 Å². The summed E-state index contributed by atoms with van der Waals surface area (Å²) in [5.74, 6) is 0.885. The van der Waals surface area contributed by atoms with Crippen LogP contribution in [0.4, 0.5) is 11.5 Å². The zero-order valence-corrected chi connectivity index (χ0v) is 19.0. The molecule has 1 amide bonds. The Morgan fingerprint density at radius 1 is 1.07 bits per heavy atom. The predicted molar refractivity (Wildman–Crippen MR) is 124 cm³/mol. The lowest BCUT2D eigenvalue weighted by molar-refractivity contribution is 0.103. The molecule has 5 nitrogen and oxygen atoms in total. The van der Waals surface area contributed by atoms with E-state index in [-0.39, 0.29) is 5.91 Å². The van der Waals surface area contributed by atoms with Crippen LogP contribution in [-0.2, 0) is 0 Å². The number of nitrogens with one attached hydrogen (secondary N) is 1. The molecule has 1 aromatic carbocycles. The van der Waals surface area contributed by atoms with Crippen LogP contribution < -0.4 is 10.2 Å². The van der Waals surface area contributed by atoms with E-state index in [0.29, 0.717) is 4.88 Å². The molecular formula is C22H26N4OS2. The highest BCUT2D eigenvalue weighted by molar-refractivity contribution is 7.98. The number of benzene rings is 1. The van der Waals surface area contributed by atoms with Crippen LogP contribution >= 0.6 is 23.1 Å². The van der Waals surface area contributed by atoms with Gasteiger partial charge in [0.05, 0.1) is 10.3 Å². The maximum Gasteiger partial charge on any atom is 0.265 e. The minimum atomic E-state index is -0.0849. The summed E-state index contributed by atoms with van der Waals surface area (Å²) in [5, 5.41) is 4.86. The first-order valence-corrected chi connectivity index (χ1v) is 12.0. The summed E-state index contributed by atoms with van der Waals surface area (Å²) in [4.78, 5) is 26.4. The molecule has 0 bridgehead atoms. The molecule has 7 heteroatoms. The zero-order chi connectivity index (χ0) is 20.5. The Morgan fingerprint density at radius 3 is 2.41 bits per heavy atom. The van der Waals surface area contributed by atoms with E-state index < -0.39 is 0 Å². The van der Waals surface area contributed by atoms with Gasteiger partial charge < -0.3 is 10.2 Å². The van der Waals surface area contributed by atoms with Crippen LogP contribution in [0.25, 0.3) is 10.2 Å². The number of hydrogen-bond acceptors (Lipinski definition) is 6. The van der Waals surface area contributed by atoms with Crippen LogP contribution in [0.5, 0.6) is 0 Å². The second kappa shape index (κ2) is 8.32. The van der Waals surface area contributed by atoms with Crippen LogP contribution in [0.2, 0.25) is 0 Å². The molecule has 152 valence electrons. The topological polar surface area (TPSA) is 58.1 Å². The standard InChI is InChI=1S/C22H26N4OS2/c1-13-10-14(2)18(15(3)11-13)23-20(27)17-12-16-19(26-8-6-5-7-9-26)24-22(28-4)25-21(16)29-17/h10-12H,5-9H2,1-4H3,(H,23,27). The lowest BCUT2D eigenvalue weighted by Gasteiger charge is -2.28.